The van der Waals surface area contributed by atoms with Crippen LogP contribution in [0.1, 0.15) is 66.3 Å². The van der Waals surface area contributed by atoms with Crippen LogP contribution in [0.4, 0.5) is 13.2 Å². The first-order valence-corrected chi connectivity index (χ1v) is 9.44. The highest BCUT2D eigenvalue weighted by Crippen LogP contribution is 2.43. The largest absolute Gasteiger partial charge is 0.477 e. The second-order valence-corrected chi connectivity index (χ2v) is 6.80. The van der Waals surface area contributed by atoms with Crippen LogP contribution in [0.2, 0.25) is 0 Å². The molecule has 0 saturated carbocycles. The molecule has 0 spiro atoms. The third kappa shape index (κ3) is 4.75. The molecule has 2 aromatic heterocycles. The lowest BCUT2D eigenvalue weighted by Gasteiger charge is -2.16. The number of hydrogen-bond acceptors (Lipinski definition) is 4. The molecule has 154 valence electrons. The van der Waals surface area contributed by atoms with Gasteiger partial charge in [-0.25, -0.2) is 14.8 Å². The molecule has 8 heteroatoms. The summed E-state index contributed by atoms with van der Waals surface area (Å²) < 4.78 is 45.5. The fourth-order valence-corrected chi connectivity index (χ4v) is 3.30. The van der Waals surface area contributed by atoms with Crippen molar-refractivity contribution in [1.29, 1.82) is 0 Å². The summed E-state index contributed by atoms with van der Waals surface area (Å²) in [6, 6.07) is 5.70. The van der Waals surface area contributed by atoms with Crippen LogP contribution in [-0.4, -0.2) is 27.7 Å². The third-order valence-corrected chi connectivity index (χ3v) is 4.74. The molecule has 0 aliphatic heterocycles. The Morgan fingerprint density at radius 2 is 2.00 bits per heavy atom. The summed E-state index contributed by atoms with van der Waals surface area (Å²) in [5, 5.41) is 9.19. The zero-order chi connectivity index (χ0) is 21.0. The van der Waals surface area contributed by atoms with Crippen molar-refractivity contribution in [2.24, 2.45) is 0 Å². The summed E-state index contributed by atoms with van der Waals surface area (Å²) >= 11 is 0. The SMILES string of the molecule is CCCCOc1ncc(C(F)(F)F)cc1C1=C(c2cccc(C(=O)O)n2)CCC1. The van der Waals surface area contributed by atoms with Crippen molar-refractivity contribution in [3.05, 3.63) is 53.0 Å². The highest BCUT2D eigenvalue weighted by atomic mass is 19.4. The van der Waals surface area contributed by atoms with Crippen LogP contribution in [-0.2, 0) is 6.18 Å². The van der Waals surface area contributed by atoms with Gasteiger partial charge in [0.2, 0.25) is 5.88 Å². The first kappa shape index (κ1) is 20.8. The Hall–Kier alpha value is -2.90. The molecular weight excluding hydrogens is 385 g/mol. The van der Waals surface area contributed by atoms with Gasteiger partial charge in [0.15, 0.2) is 0 Å². The Kier molecular flexibility index (Phi) is 6.20. The third-order valence-electron chi connectivity index (χ3n) is 4.74. The lowest BCUT2D eigenvalue weighted by molar-refractivity contribution is -0.137. The number of halogens is 3. The van der Waals surface area contributed by atoms with E-state index in [-0.39, 0.29) is 11.6 Å². The van der Waals surface area contributed by atoms with E-state index in [2.05, 4.69) is 9.97 Å². The number of carboxylic acids is 1. The number of alkyl halides is 3. The molecule has 0 saturated heterocycles. The van der Waals surface area contributed by atoms with Crippen molar-refractivity contribution in [3.8, 4) is 5.88 Å². The number of unbranched alkanes of at least 4 members (excludes halogenated alkanes) is 1. The molecule has 0 unspecified atom stereocenters. The fourth-order valence-electron chi connectivity index (χ4n) is 3.30. The Morgan fingerprint density at radius 3 is 2.69 bits per heavy atom. The van der Waals surface area contributed by atoms with E-state index >= 15 is 0 Å². The van der Waals surface area contributed by atoms with Gasteiger partial charge in [0.1, 0.15) is 5.69 Å². The Labute approximate surface area is 166 Å². The van der Waals surface area contributed by atoms with Crippen LogP contribution >= 0.6 is 0 Å². The molecule has 0 aromatic carbocycles. The number of allylic oxidation sites excluding steroid dienone is 2. The Bertz CT molecular complexity index is 939. The molecule has 1 aliphatic rings. The minimum Gasteiger partial charge on any atom is -0.477 e. The van der Waals surface area contributed by atoms with E-state index in [0.717, 1.165) is 37.1 Å². The maximum atomic E-state index is 13.3. The molecule has 1 N–H and O–H groups in total. The molecule has 29 heavy (non-hydrogen) atoms. The second kappa shape index (κ2) is 8.63. The Balaban J connectivity index is 2.11. The van der Waals surface area contributed by atoms with E-state index < -0.39 is 17.7 Å². The van der Waals surface area contributed by atoms with Crippen LogP contribution in [0.15, 0.2) is 30.5 Å². The first-order chi connectivity index (χ1) is 13.8. The molecule has 0 bridgehead atoms. The number of ether oxygens (including phenoxy) is 1. The number of aromatic carboxylic acids is 1. The van der Waals surface area contributed by atoms with E-state index in [0.29, 0.717) is 36.3 Å². The van der Waals surface area contributed by atoms with Crippen LogP contribution in [0.5, 0.6) is 5.88 Å². The van der Waals surface area contributed by atoms with Gasteiger partial charge in [-0.15, -0.1) is 0 Å². The van der Waals surface area contributed by atoms with Crippen molar-refractivity contribution in [2.75, 3.05) is 6.61 Å². The summed E-state index contributed by atoms with van der Waals surface area (Å²) in [6.45, 7) is 2.35. The van der Waals surface area contributed by atoms with Crippen LogP contribution < -0.4 is 4.74 Å². The smallest absolute Gasteiger partial charge is 0.417 e. The summed E-state index contributed by atoms with van der Waals surface area (Å²) in [4.78, 5) is 19.4. The minimum atomic E-state index is -4.52. The van der Waals surface area contributed by atoms with Crippen LogP contribution in [0, 0.1) is 0 Å². The molecule has 2 heterocycles. The number of aromatic nitrogens is 2. The van der Waals surface area contributed by atoms with Crippen molar-refractivity contribution < 1.29 is 27.8 Å². The van der Waals surface area contributed by atoms with Gasteiger partial charge >= 0.3 is 12.1 Å². The van der Waals surface area contributed by atoms with E-state index in [9.17, 15) is 23.1 Å². The highest BCUT2D eigenvalue weighted by molar-refractivity contribution is 5.94. The fraction of sp³-hybridized carbons (Fsp3) is 0.381. The summed E-state index contributed by atoms with van der Waals surface area (Å²) in [5.74, 6) is -0.994. The molecule has 1 aliphatic carbocycles. The molecule has 5 nitrogen and oxygen atoms in total. The van der Waals surface area contributed by atoms with E-state index in [1.165, 1.54) is 6.07 Å². The Morgan fingerprint density at radius 1 is 1.24 bits per heavy atom. The van der Waals surface area contributed by atoms with Crippen molar-refractivity contribution in [1.82, 2.24) is 9.97 Å². The molecule has 0 atom stereocenters. The number of carbonyl (C=O) groups is 1. The van der Waals surface area contributed by atoms with Crippen LogP contribution in [0.25, 0.3) is 11.1 Å². The van der Waals surface area contributed by atoms with Gasteiger partial charge in [0, 0.05) is 11.8 Å². The maximum absolute atomic E-state index is 13.3. The van der Waals surface area contributed by atoms with E-state index in [1.807, 2.05) is 6.92 Å². The van der Waals surface area contributed by atoms with Gasteiger partial charge in [0.25, 0.3) is 0 Å². The van der Waals surface area contributed by atoms with E-state index in [4.69, 9.17) is 4.74 Å². The highest BCUT2D eigenvalue weighted by Gasteiger charge is 2.33. The lowest BCUT2D eigenvalue weighted by Crippen LogP contribution is -2.09. The maximum Gasteiger partial charge on any atom is 0.417 e. The zero-order valence-electron chi connectivity index (χ0n) is 15.9. The van der Waals surface area contributed by atoms with Crippen molar-refractivity contribution in [3.63, 3.8) is 0 Å². The number of hydrogen-bond donors (Lipinski definition) is 1. The topological polar surface area (TPSA) is 72.3 Å². The molecular formula is C21H21F3N2O3. The standard InChI is InChI=1S/C21H21F3N2O3/c1-2-3-10-29-19-16(11-13(12-25-19)21(22,23)24)14-6-4-7-15(14)17-8-5-9-18(26-17)20(27)28/h5,8-9,11-12H,2-4,6-7,10H2,1H3,(H,27,28). The number of rotatable bonds is 7. The first-order valence-electron chi connectivity index (χ1n) is 9.44. The van der Waals surface area contributed by atoms with Gasteiger partial charge in [0.05, 0.1) is 17.9 Å². The minimum absolute atomic E-state index is 0.108. The quantitative estimate of drug-likeness (QED) is 0.618. The van der Waals surface area contributed by atoms with Gasteiger partial charge < -0.3 is 9.84 Å². The number of carboxylic acid groups (broad SMARTS) is 1. The van der Waals surface area contributed by atoms with Gasteiger partial charge in [-0.2, -0.15) is 13.2 Å². The average molecular weight is 406 g/mol. The molecule has 2 aromatic rings. The van der Waals surface area contributed by atoms with Crippen molar-refractivity contribution in [2.45, 2.75) is 45.2 Å². The molecule has 0 fully saturated rings. The normalized spacial score (nSPS) is 14.3. The number of nitrogens with zero attached hydrogens (tertiary/aromatic N) is 2. The van der Waals surface area contributed by atoms with E-state index in [1.54, 1.807) is 12.1 Å². The summed E-state index contributed by atoms with van der Waals surface area (Å²) in [5.41, 5.74) is 1.20. The summed E-state index contributed by atoms with van der Waals surface area (Å²) in [7, 11) is 0. The van der Waals surface area contributed by atoms with Gasteiger partial charge in [-0.3, -0.25) is 0 Å². The predicted octanol–water partition coefficient (Wildman–Crippen LogP) is 5.47. The van der Waals surface area contributed by atoms with Crippen molar-refractivity contribution >= 4 is 17.1 Å². The van der Waals surface area contributed by atoms with Gasteiger partial charge in [-0.05, 0) is 55.0 Å². The predicted molar refractivity (Wildman–Crippen MR) is 102 cm³/mol. The van der Waals surface area contributed by atoms with Gasteiger partial charge in [-0.1, -0.05) is 19.4 Å². The number of pyridine rings is 2. The average Bonchev–Trinajstić information content (AvgIpc) is 3.17. The van der Waals surface area contributed by atoms with Crippen LogP contribution in [0.3, 0.4) is 0 Å². The molecule has 0 amide bonds. The zero-order valence-corrected chi connectivity index (χ0v) is 15.9. The summed E-state index contributed by atoms with van der Waals surface area (Å²) in [6.07, 6.45) is -0.231. The molecule has 3 rings (SSSR count). The monoisotopic (exact) mass is 406 g/mol. The lowest BCUT2D eigenvalue weighted by atomic mass is 9.99. The molecule has 0 radical (unpaired) electrons. The second-order valence-electron chi connectivity index (χ2n) is 6.80.